The van der Waals surface area contributed by atoms with Gasteiger partial charge in [-0.1, -0.05) is 11.6 Å². The summed E-state index contributed by atoms with van der Waals surface area (Å²) in [6.45, 7) is 6.99. The van der Waals surface area contributed by atoms with E-state index in [1.807, 2.05) is 0 Å². The minimum atomic E-state index is 0.200. The van der Waals surface area contributed by atoms with Crippen LogP contribution >= 0.6 is 0 Å². The van der Waals surface area contributed by atoms with Crippen LogP contribution in [0.3, 0.4) is 0 Å². The van der Waals surface area contributed by atoms with E-state index in [-0.39, 0.29) is 5.91 Å². The summed E-state index contributed by atoms with van der Waals surface area (Å²) >= 11 is 0. The summed E-state index contributed by atoms with van der Waals surface area (Å²) < 4.78 is 0. The SMILES string of the molecule is CC1C2CNCC2CN1CC(=O)NCCC1=CCCCC1. The summed E-state index contributed by atoms with van der Waals surface area (Å²) in [5.74, 6) is 1.69. The lowest BCUT2D eigenvalue weighted by atomic mass is 9.95. The van der Waals surface area contributed by atoms with Gasteiger partial charge in [-0.2, -0.15) is 0 Å². The second-order valence-electron chi connectivity index (χ2n) is 6.96. The van der Waals surface area contributed by atoms with Crippen LogP contribution in [0.1, 0.15) is 39.0 Å². The fourth-order valence-electron chi connectivity index (χ4n) is 4.20. The molecular formula is C17H29N3O. The lowest BCUT2D eigenvalue weighted by molar-refractivity contribution is -0.122. The Morgan fingerprint density at radius 1 is 1.43 bits per heavy atom. The maximum atomic E-state index is 12.1. The van der Waals surface area contributed by atoms with Crippen molar-refractivity contribution in [3.63, 3.8) is 0 Å². The molecule has 0 bridgehead atoms. The monoisotopic (exact) mass is 291 g/mol. The molecule has 0 saturated carbocycles. The lowest BCUT2D eigenvalue weighted by Gasteiger charge is -2.23. The zero-order valence-electron chi connectivity index (χ0n) is 13.2. The molecular weight excluding hydrogens is 262 g/mol. The number of likely N-dealkylation sites (tertiary alicyclic amines) is 1. The Morgan fingerprint density at radius 3 is 3.10 bits per heavy atom. The van der Waals surface area contributed by atoms with E-state index in [1.165, 1.54) is 31.3 Å². The average molecular weight is 291 g/mol. The molecule has 2 heterocycles. The van der Waals surface area contributed by atoms with Gasteiger partial charge in [0.25, 0.3) is 0 Å². The van der Waals surface area contributed by atoms with Gasteiger partial charge in [0.05, 0.1) is 6.54 Å². The number of allylic oxidation sites excluding steroid dienone is 1. The lowest BCUT2D eigenvalue weighted by Crippen LogP contribution is -2.41. The van der Waals surface area contributed by atoms with Crippen molar-refractivity contribution in [1.29, 1.82) is 0 Å². The van der Waals surface area contributed by atoms with Gasteiger partial charge < -0.3 is 10.6 Å². The standard InChI is InChI=1S/C17H29N3O/c1-13-16-10-18-9-15(16)11-20(13)12-17(21)19-8-7-14-5-3-2-4-6-14/h5,13,15-16,18H,2-4,6-12H2,1H3,(H,19,21). The van der Waals surface area contributed by atoms with Crippen molar-refractivity contribution in [3.05, 3.63) is 11.6 Å². The van der Waals surface area contributed by atoms with Gasteiger partial charge in [0.15, 0.2) is 0 Å². The van der Waals surface area contributed by atoms with Crippen LogP contribution in [0.2, 0.25) is 0 Å². The number of nitrogens with zero attached hydrogens (tertiary/aromatic N) is 1. The van der Waals surface area contributed by atoms with Crippen molar-refractivity contribution in [2.75, 3.05) is 32.7 Å². The molecule has 2 aliphatic heterocycles. The highest BCUT2D eigenvalue weighted by atomic mass is 16.2. The second kappa shape index (κ2) is 6.93. The molecule has 4 heteroatoms. The molecule has 3 aliphatic rings. The summed E-state index contributed by atoms with van der Waals surface area (Å²) in [4.78, 5) is 14.5. The highest BCUT2D eigenvalue weighted by Crippen LogP contribution is 2.31. The second-order valence-corrected chi connectivity index (χ2v) is 6.96. The third-order valence-corrected chi connectivity index (χ3v) is 5.56. The van der Waals surface area contributed by atoms with E-state index in [4.69, 9.17) is 0 Å². The molecule has 2 fully saturated rings. The van der Waals surface area contributed by atoms with E-state index >= 15 is 0 Å². The maximum Gasteiger partial charge on any atom is 0.234 e. The van der Waals surface area contributed by atoms with Crippen molar-refractivity contribution in [2.24, 2.45) is 11.8 Å². The predicted molar refractivity (Wildman–Crippen MR) is 85.1 cm³/mol. The maximum absolute atomic E-state index is 12.1. The van der Waals surface area contributed by atoms with Crippen molar-refractivity contribution >= 4 is 5.91 Å². The summed E-state index contributed by atoms with van der Waals surface area (Å²) in [5, 5.41) is 6.57. The normalized spacial score (nSPS) is 32.8. The molecule has 0 spiro atoms. The third kappa shape index (κ3) is 3.67. The van der Waals surface area contributed by atoms with E-state index in [1.54, 1.807) is 0 Å². The topological polar surface area (TPSA) is 44.4 Å². The van der Waals surface area contributed by atoms with Gasteiger partial charge in [-0.15, -0.1) is 0 Å². The Morgan fingerprint density at radius 2 is 2.33 bits per heavy atom. The van der Waals surface area contributed by atoms with Crippen molar-refractivity contribution < 1.29 is 4.79 Å². The zero-order valence-corrected chi connectivity index (χ0v) is 13.2. The van der Waals surface area contributed by atoms with Crippen LogP contribution in [-0.2, 0) is 4.79 Å². The largest absolute Gasteiger partial charge is 0.355 e. The van der Waals surface area contributed by atoms with E-state index in [0.29, 0.717) is 12.6 Å². The minimum absolute atomic E-state index is 0.200. The molecule has 0 aromatic rings. The minimum Gasteiger partial charge on any atom is -0.355 e. The van der Waals surface area contributed by atoms with Crippen molar-refractivity contribution in [2.45, 2.75) is 45.1 Å². The summed E-state index contributed by atoms with van der Waals surface area (Å²) in [7, 11) is 0. The summed E-state index contributed by atoms with van der Waals surface area (Å²) in [5.41, 5.74) is 1.54. The van der Waals surface area contributed by atoms with Gasteiger partial charge in [0, 0.05) is 19.1 Å². The van der Waals surface area contributed by atoms with E-state index in [2.05, 4.69) is 28.5 Å². The number of carbonyl (C=O) groups is 1. The fourth-order valence-corrected chi connectivity index (χ4v) is 4.20. The number of hydrogen-bond donors (Lipinski definition) is 2. The summed E-state index contributed by atoms with van der Waals surface area (Å²) in [6, 6.07) is 0.539. The van der Waals surface area contributed by atoms with Gasteiger partial charge in [0.1, 0.15) is 0 Å². The molecule has 1 amide bonds. The van der Waals surface area contributed by atoms with Crippen LogP contribution in [0.25, 0.3) is 0 Å². The van der Waals surface area contributed by atoms with Crippen LogP contribution in [-0.4, -0.2) is 49.6 Å². The predicted octanol–water partition coefficient (Wildman–Crippen LogP) is 1.53. The molecule has 3 unspecified atom stereocenters. The van der Waals surface area contributed by atoms with Crippen LogP contribution in [0, 0.1) is 11.8 Å². The molecule has 118 valence electrons. The first-order chi connectivity index (χ1) is 10.2. The van der Waals surface area contributed by atoms with Crippen molar-refractivity contribution in [3.8, 4) is 0 Å². The number of carbonyl (C=O) groups excluding carboxylic acids is 1. The highest BCUT2D eigenvalue weighted by molar-refractivity contribution is 5.78. The Labute approximate surface area is 128 Å². The van der Waals surface area contributed by atoms with Gasteiger partial charge in [-0.3, -0.25) is 9.69 Å². The summed E-state index contributed by atoms with van der Waals surface area (Å²) in [6.07, 6.45) is 8.52. The Kier molecular flexibility index (Phi) is 4.96. The first kappa shape index (κ1) is 15.0. The molecule has 0 aromatic heterocycles. The molecule has 1 aliphatic carbocycles. The number of rotatable bonds is 5. The molecule has 2 saturated heterocycles. The fraction of sp³-hybridized carbons (Fsp3) is 0.824. The number of amides is 1. The first-order valence-corrected chi connectivity index (χ1v) is 8.63. The highest BCUT2D eigenvalue weighted by Gasteiger charge is 2.41. The van der Waals surface area contributed by atoms with Crippen LogP contribution < -0.4 is 10.6 Å². The molecule has 0 radical (unpaired) electrons. The number of fused-ring (bicyclic) bond motifs is 1. The van der Waals surface area contributed by atoms with E-state index in [0.717, 1.165) is 44.4 Å². The molecule has 0 aromatic carbocycles. The molecule has 3 atom stereocenters. The molecule has 2 N–H and O–H groups in total. The van der Waals surface area contributed by atoms with E-state index < -0.39 is 0 Å². The molecule has 21 heavy (non-hydrogen) atoms. The molecule has 3 rings (SSSR count). The average Bonchev–Trinajstić information content (AvgIpc) is 3.05. The van der Waals surface area contributed by atoms with Crippen LogP contribution in [0.4, 0.5) is 0 Å². The van der Waals surface area contributed by atoms with E-state index in [9.17, 15) is 4.79 Å². The van der Waals surface area contributed by atoms with Gasteiger partial charge in [-0.25, -0.2) is 0 Å². The van der Waals surface area contributed by atoms with Gasteiger partial charge in [0.2, 0.25) is 5.91 Å². The van der Waals surface area contributed by atoms with Gasteiger partial charge >= 0.3 is 0 Å². The van der Waals surface area contributed by atoms with Gasteiger partial charge in [-0.05, 0) is 64.0 Å². The molecule has 4 nitrogen and oxygen atoms in total. The first-order valence-electron chi connectivity index (χ1n) is 8.63. The Hall–Kier alpha value is -0.870. The Balaban J connectivity index is 1.37. The van der Waals surface area contributed by atoms with Crippen LogP contribution in [0.5, 0.6) is 0 Å². The smallest absolute Gasteiger partial charge is 0.234 e. The number of nitrogens with one attached hydrogen (secondary N) is 2. The zero-order chi connectivity index (χ0) is 14.7. The third-order valence-electron chi connectivity index (χ3n) is 5.56. The Bertz CT molecular complexity index is 407. The van der Waals surface area contributed by atoms with Crippen molar-refractivity contribution in [1.82, 2.24) is 15.5 Å². The quantitative estimate of drug-likeness (QED) is 0.755. The number of hydrogen-bond acceptors (Lipinski definition) is 3. The van der Waals surface area contributed by atoms with Crippen LogP contribution in [0.15, 0.2) is 11.6 Å².